The van der Waals surface area contributed by atoms with E-state index < -0.39 is 0 Å². The Balaban J connectivity index is 1.46. The van der Waals surface area contributed by atoms with Crippen LogP contribution in [0.2, 0.25) is 0 Å². The highest BCUT2D eigenvalue weighted by Crippen LogP contribution is 2.16. The Hall–Kier alpha value is -2.34. The van der Waals surface area contributed by atoms with Crippen LogP contribution in [-0.4, -0.2) is 58.9 Å². The topological polar surface area (TPSA) is 53.4 Å². The number of benzene rings is 1. The second kappa shape index (κ2) is 8.16. The molecule has 1 N–H and O–H groups in total. The van der Waals surface area contributed by atoms with E-state index in [9.17, 15) is 4.79 Å². The number of hydrogen-bond acceptors (Lipinski definition) is 4. The van der Waals surface area contributed by atoms with Gasteiger partial charge in [-0.25, -0.2) is 0 Å². The number of hydrogen-bond donors (Lipinski definition) is 1. The first kappa shape index (κ1) is 17.5. The van der Waals surface area contributed by atoms with Crippen LogP contribution in [0.4, 0.5) is 5.69 Å². The summed E-state index contributed by atoms with van der Waals surface area (Å²) in [5.41, 5.74) is 1.23. The Morgan fingerprint density at radius 3 is 2.48 bits per heavy atom. The number of carbonyl (C=O) groups is 1. The molecule has 1 saturated heterocycles. The average molecular weight is 341 g/mol. The van der Waals surface area contributed by atoms with Crippen LogP contribution in [0.5, 0.6) is 0 Å². The van der Waals surface area contributed by atoms with Crippen LogP contribution in [0, 0.1) is 0 Å². The average Bonchev–Trinajstić information content (AvgIpc) is 3.14. The van der Waals surface area contributed by atoms with E-state index in [1.165, 1.54) is 5.69 Å². The summed E-state index contributed by atoms with van der Waals surface area (Å²) in [5, 5.41) is 7.60. The lowest BCUT2D eigenvalue weighted by Crippen LogP contribution is -2.54. The number of aromatic nitrogens is 2. The second-order valence-corrected chi connectivity index (χ2v) is 6.67. The fourth-order valence-corrected chi connectivity index (χ4v) is 3.34. The Morgan fingerprint density at radius 1 is 1.12 bits per heavy atom. The Kier molecular flexibility index (Phi) is 5.71. The van der Waals surface area contributed by atoms with E-state index in [-0.39, 0.29) is 18.0 Å². The van der Waals surface area contributed by atoms with Gasteiger partial charge in [-0.05, 0) is 32.0 Å². The second-order valence-electron chi connectivity index (χ2n) is 6.67. The van der Waals surface area contributed by atoms with Crippen molar-refractivity contribution in [3.05, 3.63) is 48.8 Å². The van der Waals surface area contributed by atoms with Gasteiger partial charge in [0.15, 0.2) is 0 Å². The van der Waals surface area contributed by atoms with Crippen molar-refractivity contribution >= 4 is 11.6 Å². The third-order valence-corrected chi connectivity index (χ3v) is 4.64. The molecule has 6 heteroatoms. The van der Waals surface area contributed by atoms with Gasteiger partial charge in [0.25, 0.3) is 0 Å². The Morgan fingerprint density at radius 2 is 1.84 bits per heavy atom. The summed E-state index contributed by atoms with van der Waals surface area (Å²) in [4.78, 5) is 17.0. The van der Waals surface area contributed by atoms with Crippen LogP contribution >= 0.6 is 0 Å². The predicted molar refractivity (Wildman–Crippen MR) is 99.5 cm³/mol. The third-order valence-electron chi connectivity index (χ3n) is 4.64. The first-order chi connectivity index (χ1) is 12.1. The first-order valence-corrected chi connectivity index (χ1v) is 8.96. The number of nitrogens with zero attached hydrogens (tertiary/aromatic N) is 4. The standard InChI is InChI=1S/C19H27N5O/c1-16(15-24-10-6-9-20-24)21-17(2)19(25)23-13-11-22(12-14-23)18-7-4-3-5-8-18/h3-10,16-17,21H,11-15H2,1-2H3/t16-,17-/m0/s1. The predicted octanol–water partition coefficient (Wildman–Crippen LogP) is 1.60. The molecule has 0 aliphatic carbocycles. The van der Waals surface area contributed by atoms with Crippen LogP contribution in [0.25, 0.3) is 0 Å². The normalized spacial score (nSPS) is 17.4. The molecule has 1 aromatic carbocycles. The van der Waals surface area contributed by atoms with Crippen LogP contribution < -0.4 is 10.2 Å². The third kappa shape index (κ3) is 4.60. The highest BCUT2D eigenvalue weighted by atomic mass is 16.2. The maximum Gasteiger partial charge on any atom is 0.239 e. The van der Waals surface area contributed by atoms with Gasteiger partial charge in [-0.3, -0.25) is 9.48 Å². The van der Waals surface area contributed by atoms with Gasteiger partial charge >= 0.3 is 0 Å². The molecule has 134 valence electrons. The van der Waals surface area contributed by atoms with E-state index in [2.05, 4.69) is 46.5 Å². The Labute approximate surface area is 149 Å². The van der Waals surface area contributed by atoms with Crippen LogP contribution in [-0.2, 0) is 11.3 Å². The molecule has 0 unspecified atom stereocenters. The minimum atomic E-state index is -0.186. The zero-order valence-electron chi connectivity index (χ0n) is 15.0. The number of nitrogens with one attached hydrogen (secondary N) is 1. The van der Waals surface area contributed by atoms with Crippen molar-refractivity contribution in [3.8, 4) is 0 Å². The molecule has 2 heterocycles. The maximum absolute atomic E-state index is 12.7. The van der Waals surface area contributed by atoms with Gasteiger partial charge in [-0.1, -0.05) is 18.2 Å². The zero-order chi connectivity index (χ0) is 17.6. The van der Waals surface area contributed by atoms with Crippen molar-refractivity contribution in [1.29, 1.82) is 0 Å². The first-order valence-electron chi connectivity index (χ1n) is 8.96. The summed E-state index contributed by atoms with van der Waals surface area (Å²) in [7, 11) is 0. The molecule has 1 aliphatic rings. The van der Waals surface area contributed by atoms with Crippen molar-refractivity contribution in [3.63, 3.8) is 0 Å². The lowest BCUT2D eigenvalue weighted by atomic mass is 10.2. The molecular formula is C19H27N5O. The van der Waals surface area contributed by atoms with Crippen LogP contribution in [0.3, 0.4) is 0 Å². The summed E-state index contributed by atoms with van der Waals surface area (Å²) < 4.78 is 1.88. The monoisotopic (exact) mass is 341 g/mol. The van der Waals surface area contributed by atoms with E-state index in [0.717, 1.165) is 32.7 Å². The Bertz CT molecular complexity index is 650. The SMILES string of the molecule is C[C@H](N[C@@H](C)Cn1cccn1)C(=O)N1CCN(c2ccccc2)CC1. The molecule has 1 aliphatic heterocycles. The summed E-state index contributed by atoms with van der Waals surface area (Å²) in [6.07, 6.45) is 3.71. The van der Waals surface area contributed by atoms with Crippen molar-refractivity contribution in [2.24, 2.45) is 0 Å². The van der Waals surface area contributed by atoms with Gasteiger partial charge in [0, 0.05) is 50.3 Å². The fourth-order valence-electron chi connectivity index (χ4n) is 3.34. The quantitative estimate of drug-likeness (QED) is 0.867. The van der Waals surface area contributed by atoms with E-state index in [0.29, 0.717) is 0 Å². The summed E-state index contributed by atoms with van der Waals surface area (Å²) in [5.74, 6) is 0.181. The molecule has 1 aromatic heterocycles. The van der Waals surface area contributed by atoms with E-state index in [1.807, 2.05) is 34.8 Å². The number of anilines is 1. The number of piperazine rings is 1. The minimum Gasteiger partial charge on any atom is -0.368 e. The van der Waals surface area contributed by atoms with Crippen molar-refractivity contribution in [2.45, 2.75) is 32.5 Å². The number of carbonyl (C=O) groups excluding carboxylic acids is 1. The summed E-state index contributed by atoms with van der Waals surface area (Å²) in [6, 6.07) is 12.3. The van der Waals surface area contributed by atoms with Crippen molar-refractivity contribution in [2.75, 3.05) is 31.1 Å². The molecule has 25 heavy (non-hydrogen) atoms. The fraction of sp³-hybridized carbons (Fsp3) is 0.474. The lowest BCUT2D eigenvalue weighted by Gasteiger charge is -2.37. The minimum absolute atomic E-state index is 0.181. The van der Waals surface area contributed by atoms with Gasteiger partial charge in [0.2, 0.25) is 5.91 Å². The maximum atomic E-state index is 12.7. The molecule has 0 saturated carbocycles. The molecular weight excluding hydrogens is 314 g/mol. The molecule has 3 rings (SSSR count). The molecule has 0 bridgehead atoms. The molecule has 1 amide bonds. The molecule has 0 radical (unpaired) electrons. The number of rotatable bonds is 6. The summed E-state index contributed by atoms with van der Waals surface area (Å²) in [6.45, 7) is 8.09. The highest BCUT2D eigenvalue weighted by Gasteiger charge is 2.25. The highest BCUT2D eigenvalue weighted by molar-refractivity contribution is 5.81. The zero-order valence-corrected chi connectivity index (χ0v) is 15.0. The number of para-hydroxylation sites is 1. The number of amides is 1. The van der Waals surface area contributed by atoms with E-state index >= 15 is 0 Å². The van der Waals surface area contributed by atoms with Gasteiger partial charge in [-0.2, -0.15) is 5.10 Å². The van der Waals surface area contributed by atoms with E-state index in [4.69, 9.17) is 0 Å². The smallest absolute Gasteiger partial charge is 0.239 e. The summed E-state index contributed by atoms with van der Waals surface area (Å²) >= 11 is 0. The van der Waals surface area contributed by atoms with Gasteiger partial charge in [0.05, 0.1) is 12.6 Å². The van der Waals surface area contributed by atoms with Gasteiger partial charge in [-0.15, -0.1) is 0 Å². The van der Waals surface area contributed by atoms with E-state index in [1.54, 1.807) is 6.20 Å². The van der Waals surface area contributed by atoms with Crippen LogP contribution in [0.15, 0.2) is 48.8 Å². The largest absolute Gasteiger partial charge is 0.368 e. The van der Waals surface area contributed by atoms with Crippen LogP contribution in [0.1, 0.15) is 13.8 Å². The molecule has 2 aromatic rings. The van der Waals surface area contributed by atoms with Crippen molar-refractivity contribution in [1.82, 2.24) is 20.0 Å². The van der Waals surface area contributed by atoms with Gasteiger partial charge < -0.3 is 15.1 Å². The lowest BCUT2D eigenvalue weighted by molar-refractivity contribution is -0.133. The van der Waals surface area contributed by atoms with Crippen molar-refractivity contribution < 1.29 is 4.79 Å². The molecule has 1 fully saturated rings. The molecule has 6 nitrogen and oxygen atoms in total. The van der Waals surface area contributed by atoms with Gasteiger partial charge in [0.1, 0.15) is 0 Å². The molecule has 2 atom stereocenters. The molecule has 0 spiro atoms.